The fourth-order valence-corrected chi connectivity index (χ4v) is 1.88. The van der Waals surface area contributed by atoms with E-state index in [4.69, 9.17) is 5.11 Å². The predicted octanol–water partition coefficient (Wildman–Crippen LogP) is 1.09. The van der Waals surface area contributed by atoms with E-state index >= 15 is 0 Å². The zero-order valence-electron chi connectivity index (χ0n) is 6.33. The Morgan fingerprint density at radius 3 is 2.40 bits per heavy atom. The standard InChI is InChI=1S/C8H12OSi/c1-10(2)8-5-3-4-7(9)6-8/h3-6,9-10H,1-2H3. The molecule has 1 aromatic rings. The van der Waals surface area contributed by atoms with E-state index in [2.05, 4.69) is 19.2 Å². The minimum absolute atomic E-state index is 0.388. The first kappa shape index (κ1) is 7.35. The third-order valence-corrected chi connectivity index (χ3v) is 3.23. The highest BCUT2D eigenvalue weighted by Gasteiger charge is 1.99. The maximum absolute atomic E-state index is 9.08. The Balaban J connectivity index is 2.96. The highest BCUT2D eigenvalue weighted by Crippen LogP contribution is 2.03. The van der Waals surface area contributed by atoms with Crippen molar-refractivity contribution in [3.63, 3.8) is 0 Å². The van der Waals surface area contributed by atoms with Crippen LogP contribution in [0.25, 0.3) is 0 Å². The molecule has 0 bridgehead atoms. The molecule has 1 N–H and O–H groups in total. The van der Waals surface area contributed by atoms with Crippen LogP contribution in [0.3, 0.4) is 0 Å². The molecule has 0 atom stereocenters. The van der Waals surface area contributed by atoms with E-state index in [1.165, 1.54) is 5.19 Å². The highest BCUT2D eigenvalue weighted by molar-refractivity contribution is 6.70. The normalized spacial score (nSPS) is 10.3. The van der Waals surface area contributed by atoms with Crippen molar-refractivity contribution in [2.45, 2.75) is 13.1 Å². The van der Waals surface area contributed by atoms with Gasteiger partial charge in [-0.3, -0.25) is 0 Å². The minimum atomic E-state index is -0.717. The van der Waals surface area contributed by atoms with Crippen LogP contribution >= 0.6 is 0 Å². The van der Waals surface area contributed by atoms with Gasteiger partial charge in [-0.2, -0.15) is 0 Å². The van der Waals surface area contributed by atoms with Gasteiger partial charge in [0.2, 0.25) is 0 Å². The van der Waals surface area contributed by atoms with Gasteiger partial charge in [0.05, 0.1) is 8.80 Å². The topological polar surface area (TPSA) is 20.2 Å². The summed E-state index contributed by atoms with van der Waals surface area (Å²) in [5.74, 6) is 0.388. The lowest BCUT2D eigenvalue weighted by Gasteiger charge is -2.02. The van der Waals surface area contributed by atoms with E-state index in [0.717, 1.165) is 0 Å². The van der Waals surface area contributed by atoms with Gasteiger partial charge in [-0.05, 0) is 12.1 Å². The van der Waals surface area contributed by atoms with E-state index < -0.39 is 8.80 Å². The Kier molecular flexibility index (Phi) is 2.12. The third-order valence-electron chi connectivity index (χ3n) is 1.54. The largest absolute Gasteiger partial charge is 0.508 e. The average molecular weight is 152 g/mol. The Labute approximate surface area is 62.9 Å². The predicted molar refractivity (Wildman–Crippen MR) is 46.6 cm³/mol. The van der Waals surface area contributed by atoms with Crippen LogP contribution in [0.1, 0.15) is 0 Å². The van der Waals surface area contributed by atoms with Gasteiger partial charge >= 0.3 is 0 Å². The molecule has 1 aromatic carbocycles. The molecule has 0 saturated heterocycles. The fourth-order valence-electron chi connectivity index (χ4n) is 0.884. The Morgan fingerprint density at radius 1 is 1.30 bits per heavy atom. The van der Waals surface area contributed by atoms with E-state index in [-0.39, 0.29) is 0 Å². The molecule has 0 aliphatic heterocycles. The molecule has 0 unspecified atom stereocenters. The molecule has 0 fully saturated rings. The third kappa shape index (κ3) is 1.61. The van der Waals surface area contributed by atoms with Crippen LogP contribution in [0.4, 0.5) is 0 Å². The van der Waals surface area contributed by atoms with E-state index in [1.54, 1.807) is 6.07 Å². The van der Waals surface area contributed by atoms with Gasteiger partial charge in [0.25, 0.3) is 0 Å². The lowest BCUT2D eigenvalue weighted by molar-refractivity contribution is 0.476. The number of rotatable bonds is 1. The van der Waals surface area contributed by atoms with Gasteiger partial charge in [-0.1, -0.05) is 30.4 Å². The summed E-state index contributed by atoms with van der Waals surface area (Å²) in [5.41, 5.74) is 0. The Morgan fingerprint density at radius 2 is 2.00 bits per heavy atom. The number of hydrogen-bond donors (Lipinski definition) is 1. The van der Waals surface area contributed by atoms with Gasteiger partial charge in [-0.25, -0.2) is 0 Å². The summed E-state index contributed by atoms with van der Waals surface area (Å²) in [6.07, 6.45) is 0. The first-order valence-electron chi connectivity index (χ1n) is 3.49. The average Bonchev–Trinajstić information content (AvgIpc) is 1.88. The van der Waals surface area contributed by atoms with Crippen molar-refractivity contribution < 1.29 is 5.11 Å². The molecule has 0 radical (unpaired) electrons. The molecule has 1 nitrogen and oxygen atoms in total. The van der Waals surface area contributed by atoms with Crippen molar-refractivity contribution in [1.29, 1.82) is 0 Å². The molecular formula is C8H12OSi. The van der Waals surface area contributed by atoms with Gasteiger partial charge in [0.15, 0.2) is 0 Å². The van der Waals surface area contributed by atoms with Gasteiger partial charge in [0.1, 0.15) is 5.75 Å². The second-order valence-corrected chi connectivity index (χ2v) is 5.73. The summed E-state index contributed by atoms with van der Waals surface area (Å²) in [6, 6.07) is 7.55. The molecule has 0 aliphatic carbocycles. The van der Waals surface area contributed by atoms with Crippen LogP contribution in [0.15, 0.2) is 24.3 Å². The zero-order chi connectivity index (χ0) is 7.56. The number of phenolic OH excluding ortho intramolecular Hbond substituents is 1. The first-order valence-corrected chi connectivity index (χ1v) is 6.38. The van der Waals surface area contributed by atoms with E-state index in [1.807, 2.05) is 12.1 Å². The lowest BCUT2D eigenvalue weighted by Crippen LogP contribution is -2.21. The summed E-state index contributed by atoms with van der Waals surface area (Å²) in [6.45, 7) is 4.49. The smallest absolute Gasteiger partial charge is 0.115 e. The van der Waals surface area contributed by atoms with Gasteiger partial charge in [0, 0.05) is 0 Å². The van der Waals surface area contributed by atoms with Crippen molar-refractivity contribution in [2.24, 2.45) is 0 Å². The summed E-state index contributed by atoms with van der Waals surface area (Å²) >= 11 is 0. The maximum atomic E-state index is 9.08. The minimum Gasteiger partial charge on any atom is -0.508 e. The molecule has 0 aliphatic rings. The number of benzene rings is 1. The van der Waals surface area contributed by atoms with Crippen molar-refractivity contribution >= 4 is 14.0 Å². The molecule has 1 rings (SSSR count). The molecule has 0 aromatic heterocycles. The molecule has 54 valence electrons. The van der Waals surface area contributed by atoms with Crippen molar-refractivity contribution in [3.8, 4) is 5.75 Å². The van der Waals surface area contributed by atoms with Crippen molar-refractivity contribution in [1.82, 2.24) is 0 Å². The molecule has 0 heterocycles. The summed E-state index contributed by atoms with van der Waals surface area (Å²) in [7, 11) is -0.717. The molecule has 0 saturated carbocycles. The van der Waals surface area contributed by atoms with Crippen molar-refractivity contribution in [3.05, 3.63) is 24.3 Å². The number of hydrogen-bond acceptors (Lipinski definition) is 1. The zero-order valence-corrected chi connectivity index (χ0v) is 7.49. The van der Waals surface area contributed by atoms with Crippen LogP contribution in [0, 0.1) is 0 Å². The van der Waals surface area contributed by atoms with E-state index in [0.29, 0.717) is 5.75 Å². The summed E-state index contributed by atoms with van der Waals surface area (Å²) < 4.78 is 0. The fraction of sp³-hybridized carbons (Fsp3) is 0.250. The summed E-state index contributed by atoms with van der Waals surface area (Å²) in [4.78, 5) is 0. The Bertz CT molecular complexity index is 220. The molecular weight excluding hydrogens is 140 g/mol. The first-order chi connectivity index (χ1) is 4.70. The van der Waals surface area contributed by atoms with Crippen LogP contribution in [0.5, 0.6) is 5.75 Å². The Hall–Kier alpha value is -0.763. The van der Waals surface area contributed by atoms with Crippen LogP contribution in [0.2, 0.25) is 13.1 Å². The SMILES string of the molecule is C[SiH](C)c1cccc(O)c1. The highest BCUT2D eigenvalue weighted by atomic mass is 28.3. The molecule has 10 heavy (non-hydrogen) atoms. The van der Waals surface area contributed by atoms with Crippen molar-refractivity contribution in [2.75, 3.05) is 0 Å². The maximum Gasteiger partial charge on any atom is 0.115 e. The van der Waals surface area contributed by atoms with Crippen LogP contribution < -0.4 is 5.19 Å². The quantitative estimate of drug-likeness (QED) is 0.597. The number of aromatic hydroxyl groups is 1. The lowest BCUT2D eigenvalue weighted by atomic mass is 10.3. The van der Waals surface area contributed by atoms with Crippen LogP contribution in [-0.2, 0) is 0 Å². The van der Waals surface area contributed by atoms with Gasteiger partial charge in [-0.15, -0.1) is 0 Å². The van der Waals surface area contributed by atoms with Gasteiger partial charge < -0.3 is 5.11 Å². The molecule has 0 spiro atoms. The molecule has 0 amide bonds. The monoisotopic (exact) mass is 152 g/mol. The van der Waals surface area contributed by atoms with E-state index in [9.17, 15) is 0 Å². The second kappa shape index (κ2) is 2.88. The second-order valence-electron chi connectivity index (χ2n) is 2.75. The molecule has 2 heteroatoms. The van der Waals surface area contributed by atoms with Crippen LogP contribution in [-0.4, -0.2) is 13.9 Å². The number of phenols is 1. The summed E-state index contributed by atoms with van der Waals surface area (Å²) in [5, 5.41) is 10.4.